The van der Waals surface area contributed by atoms with E-state index in [0.29, 0.717) is 18.2 Å². The van der Waals surface area contributed by atoms with Crippen molar-refractivity contribution in [1.29, 1.82) is 0 Å². The number of carbonyl (C=O) groups is 1. The fraction of sp³-hybridized carbons (Fsp3) is 0.190. The van der Waals surface area contributed by atoms with Crippen molar-refractivity contribution in [3.63, 3.8) is 0 Å². The molecule has 1 aromatic heterocycles. The maximum atomic E-state index is 12.8. The molecule has 26 heavy (non-hydrogen) atoms. The molecule has 0 atom stereocenters. The Morgan fingerprint density at radius 2 is 1.77 bits per heavy atom. The summed E-state index contributed by atoms with van der Waals surface area (Å²) in [6.07, 6.45) is 0. The summed E-state index contributed by atoms with van der Waals surface area (Å²) >= 11 is 0. The van der Waals surface area contributed by atoms with Crippen molar-refractivity contribution >= 4 is 17.5 Å². The maximum Gasteiger partial charge on any atom is 0.276 e. The molecule has 2 aromatic carbocycles. The van der Waals surface area contributed by atoms with Gasteiger partial charge in [0.15, 0.2) is 0 Å². The topological polar surface area (TPSA) is 58.1 Å². The average Bonchev–Trinajstić information content (AvgIpc) is 2.65. The third-order valence-electron chi connectivity index (χ3n) is 4.05. The summed E-state index contributed by atoms with van der Waals surface area (Å²) in [5, 5.41) is 3.21. The molecule has 3 aromatic rings. The smallest absolute Gasteiger partial charge is 0.276 e. The first-order chi connectivity index (χ1) is 12.5. The molecule has 0 unspecified atom stereocenters. The van der Waals surface area contributed by atoms with E-state index in [1.165, 1.54) is 5.56 Å². The Bertz CT molecular complexity index is 909. The molecule has 0 aliphatic carbocycles. The Morgan fingerprint density at radius 1 is 1.00 bits per heavy atom. The Balaban J connectivity index is 1.77. The summed E-state index contributed by atoms with van der Waals surface area (Å²) in [6, 6.07) is 19.5. The molecule has 0 fully saturated rings. The molecule has 0 saturated heterocycles. The SMILES string of the molecule is Cc1cccc(CNc2nc(C)cc(C(=O)N(C)c3ccccc3)n2)c1. The van der Waals surface area contributed by atoms with Crippen LogP contribution in [0.4, 0.5) is 11.6 Å². The van der Waals surface area contributed by atoms with Crippen LogP contribution in [0.25, 0.3) is 0 Å². The van der Waals surface area contributed by atoms with Gasteiger partial charge in [-0.25, -0.2) is 9.97 Å². The molecule has 1 N–H and O–H groups in total. The van der Waals surface area contributed by atoms with Crippen LogP contribution in [0.2, 0.25) is 0 Å². The van der Waals surface area contributed by atoms with Crippen LogP contribution in [-0.2, 0) is 6.54 Å². The van der Waals surface area contributed by atoms with Crippen LogP contribution in [0, 0.1) is 13.8 Å². The van der Waals surface area contributed by atoms with Crippen molar-refractivity contribution in [2.45, 2.75) is 20.4 Å². The maximum absolute atomic E-state index is 12.8. The van der Waals surface area contributed by atoms with E-state index in [2.05, 4.69) is 34.3 Å². The standard InChI is InChI=1S/C21H22N4O/c1-15-8-7-9-17(12-15)14-22-21-23-16(2)13-19(24-21)20(26)25(3)18-10-5-4-6-11-18/h4-13H,14H2,1-3H3,(H,22,23,24). The van der Waals surface area contributed by atoms with Gasteiger partial charge in [-0.15, -0.1) is 0 Å². The van der Waals surface area contributed by atoms with Crippen molar-refractivity contribution < 1.29 is 4.79 Å². The van der Waals surface area contributed by atoms with Gasteiger partial charge in [0.05, 0.1) is 0 Å². The molecule has 5 nitrogen and oxygen atoms in total. The van der Waals surface area contributed by atoms with E-state index in [0.717, 1.165) is 16.9 Å². The molecule has 1 heterocycles. The fourth-order valence-corrected chi connectivity index (χ4v) is 2.70. The van der Waals surface area contributed by atoms with Gasteiger partial charge in [-0.2, -0.15) is 0 Å². The van der Waals surface area contributed by atoms with E-state index < -0.39 is 0 Å². The lowest BCUT2D eigenvalue weighted by molar-refractivity contribution is 0.0988. The van der Waals surface area contributed by atoms with Crippen LogP contribution >= 0.6 is 0 Å². The van der Waals surface area contributed by atoms with Gasteiger partial charge in [-0.05, 0) is 37.6 Å². The van der Waals surface area contributed by atoms with Crippen molar-refractivity contribution in [3.8, 4) is 0 Å². The van der Waals surface area contributed by atoms with E-state index in [1.807, 2.05) is 49.4 Å². The largest absolute Gasteiger partial charge is 0.350 e. The predicted molar refractivity (Wildman–Crippen MR) is 104 cm³/mol. The van der Waals surface area contributed by atoms with Crippen molar-refractivity contribution in [2.75, 3.05) is 17.3 Å². The van der Waals surface area contributed by atoms with Crippen LogP contribution in [0.3, 0.4) is 0 Å². The molecule has 5 heteroatoms. The number of amides is 1. The quantitative estimate of drug-likeness (QED) is 0.759. The van der Waals surface area contributed by atoms with Crippen LogP contribution in [-0.4, -0.2) is 22.9 Å². The molecule has 0 aliphatic heterocycles. The van der Waals surface area contributed by atoms with Crippen molar-refractivity contribution in [1.82, 2.24) is 9.97 Å². The van der Waals surface area contributed by atoms with Gasteiger partial charge in [0.2, 0.25) is 5.95 Å². The number of aromatic nitrogens is 2. The van der Waals surface area contributed by atoms with Crippen LogP contribution < -0.4 is 10.2 Å². The fourth-order valence-electron chi connectivity index (χ4n) is 2.70. The normalized spacial score (nSPS) is 10.4. The van der Waals surface area contributed by atoms with Gasteiger partial charge in [0.1, 0.15) is 5.69 Å². The second-order valence-electron chi connectivity index (χ2n) is 6.26. The molecular weight excluding hydrogens is 324 g/mol. The van der Waals surface area contributed by atoms with E-state index in [9.17, 15) is 4.79 Å². The zero-order valence-electron chi connectivity index (χ0n) is 15.2. The van der Waals surface area contributed by atoms with Crippen molar-refractivity contribution in [3.05, 3.63) is 83.2 Å². The molecule has 0 saturated carbocycles. The van der Waals surface area contributed by atoms with Crippen molar-refractivity contribution in [2.24, 2.45) is 0 Å². The number of aryl methyl sites for hydroxylation is 2. The number of para-hydroxylation sites is 1. The summed E-state index contributed by atoms with van der Waals surface area (Å²) in [5.41, 5.74) is 4.29. The minimum Gasteiger partial charge on any atom is -0.350 e. The van der Waals surface area contributed by atoms with Gasteiger partial charge < -0.3 is 10.2 Å². The molecular formula is C21H22N4O. The first-order valence-corrected chi connectivity index (χ1v) is 8.51. The average molecular weight is 346 g/mol. The monoisotopic (exact) mass is 346 g/mol. The number of hydrogen-bond acceptors (Lipinski definition) is 4. The van der Waals surface area contributed by atoms with Gasteiger partial charge in [0.25, 0.3) is 5.91 Å². The second kappa shape index (κ2) is 7.78. The number of nitrogens with zero attached hydrogens (tertiary/aromatic N) is 3. The molecule has 0 bridgehead atoms. The number of carbonyl (C=O) groups excluding carboxylic acids is 1. The minimum absolute atomic E-state index is 0.166. The number of nitrogens with one attached hydrogen (secondary N) is 1. The van der Waals surface area contributed by atoms with Crippen LogP contribution in [0.1, 0.15) is 27.3 Å². The Labute approximate surface area is 153 Å². The molecule has 0 spiro atoms. The summed E-state index contributed by atoms with van der Waals surface area (Å²) in [4.78, 5) is 23.2. The highest BCUT2D eigenvalue weighted by Gasteiger charge is 2.16. The molecule has 0 aliphatic rings. The first kappa shape index (κ1) is 17.6. The van der Waals surface area contributed by atoms with Crippen LogP contribution in [0.5, 0.6) is 0 Å². The van der Waals surface area contributed by atoms with Gasteiger partial charge in [-0.3, -0.25) is 4.79 Å². The highest BCUT2D eigenvalue weighted by molar-refractivity contribution is 6.04. The Kier molecular flexibility index (Phi) is 5.27. The third kappa shape index (κ3) is 4.25. The minimum atomic E-state index is -0.166. The molecule has 3 rings (SSSR count). The Hall–Kier alpha value is -3.21. The zero-order valence-corrected chi connectivity index (χ0v) is 15.2. The Morgan fingerprint density at radius 3 is 2.50 bits per heavy atom. The third-order valence-corrected chi connectivity index (χ3v) is 4.05. The summed E-state index contributed by atoms with van der Waals surface area (Å²) in [7, 11) is 1.74. The summed E-state index contributed by atoms with van der Waals surface area (Å²) in [5.74, 6) is 0.289. The molecule has 132 valence electrons. The lowest BCUT2D eigenvalue weighted by atomic mass is 10.1. The molecule has 0 radical (unpaired) electrons. The van der Waals surface area contributed by atoms with Gasteiger partial charge >= 0.3 is 0 Å². The molecule has 1 amide bonds. The lowest BCUT2D eigenvalue weighted by Gasteiger charge is -2.17. The highest BCUT2D eigenvalue weighted by atomic mass is 16.2. The lowest BCUT2D eigenvalue weighted by Crippen LogP contribution is -2.27. The number of hydrogen-bond donors (Lipinski definition) is 1. The number of rotatable bonds is 5. The summed E-state index contributed by atoms with van der Waals surface area (Å²) in [6.45, 7) is 4.52. The van der Waals surface area contributed by atoms with E-state index in [1.54, 1.807) is 18.0 Å². The van der Waals surface area contributed by atoms with E-state index in [-0.39, 0.29) is 5.91 Å². The zero-order chi connectivity index (χ0) is 18.5. The van der Waals surface area contributed by atoms with Gasteiger partial charge in [0, 0.05) is 25.0 Å². The highest BCUT2D eigenvalue weighted by Crippen LogP contribution is 2.15. The number of anilines is 2. The van der Waals surface area contributed by atoms with Crippen LogP contribution in [0.15, 0.2) is 60.7 Å². The predicted octanol–water partition coefficient (Wildman–Crippen LogP) is 3.98. The van der Waals surface area contributed by atoms with E-state index in [4.69, 9.17) is 0 Å². The first-order valence-electron chi connectivity index (χ1n) is 8.51. The van der Waals surface area contributed by atoms with Gasteiger partial charge in [-0.1, -0.05) is 48.0 Å². The summed E-state index contributed by atoms with van der Waals surface area (Å²) < 4.78 is 0. The number of benzene rings is 2. The second-order valence-corrected chi connectivity index (χ2v) is 6.26. The van der Waals surface area contributed by atoms with E-state index >= 15 is 0 Å².